The minimum Gasteiger partial charge on any atom is -0.458 e. The summed E-state index contributed by atoms with van der Waals surface area (Å²) < 4.78 is 10.0. The molecule has 0 amide bonds. The Balaban J connectivity index is 2.00. The van der Waals surface area contributed by atoms with E-state index in [9.17, 15) is 14.7 Å². The molecule has 4 atom stereocenters. The maximum Gasteiger partial charge on any atom is 0.303 e. The number of Topliss-reactive ketones (excluding diaryl/α,β-unsaturated/α-hetero) is 1. The van der Waals surface area contributed by atoms with E-state index in [2.05, 4.69) is 0 Å². The van der Waals surface area contributed by atoms with Crippen molar-refractivity contribution >= 4 is 11.8 Å². The average Bonchev–Trinajstić information content (AvgIpc) is 2.25. The lowest BCUT2D eigenvalue weighted by Crippen LogP contribution is -2.56. The van der Waals surface area contributed by atoms with Crippen LogP contribution < -0.4 is 0 Å². The molecule has 1 aliphatic carbocycles. The van der Waals surface area contributed by atoms with Crippen molar-refractivity contribution in [2.75, 3.05) is 13.2 Å². The van der Waals surface area contributed by atoms with Crippen molar-refractivity contribution in [2.24, 2.45) is 11.3 Å². The lowest BCUT2D eigenvalue weighted by Gasteiger charge is -2.49. The van der Waals surface area contributed by atoms with Gasteiger partial charge in [-0.05, 0) is 13.3 Å². The number of carbonyl (C=O) groups excluding carboxylic acids is 2. The first-order valence-corrected chi connectivity index (χ1v) is 5.90. The van der Waals surface area contributed by atoms with Gasteiger partial charge in [-0.25, -0.2) is 0 Å². The van der Waals surface area contributed by atoms with Crippen molar-refractivity contribution in [3.05, 3.63) is 0 Å². The molecule has 17 heavy (non-hydrogen) atoms. The van der Waals surface area contributed by atoms with Gasteiger partial charge in [0, 0.05) is 19.3 Å². The van der Waals surface area contributed by atoms with Gasteiger partial charge in [0.05, 0.1) is 24.2 Å². The second-order valence-corrected chi connectivity index (χ2v) is 5.21. The first-order valence-electron chi connectivity index (χ1n) is 5.90. The van der Waals surface area contributed by atoms with Gasteiger partial charge in [-0.2, -0.15) is 0 Å². The predicted molar refractivity (Wildman–Crippen MR) is 58.2 cm³/mol. The molecule has 0 aromatic rings. The summed E-state index contributed by atoms with van der Waals surface area (Å²) in [6.07, 6.45) is 0.484. The number of aliphatic hydroxyl groups excluding tert-OH is 1. The second kappa shape index (κ2) is 4.38. The van der Waals surface area contributed by atoms with Crippen LogP contribution in [0.15, 0.2) is 0 Å². The number of ether oxygens (including phenoxy) is 2. The van der Waals surface area contributed by atoms with Crippen LogP contribution in [0, 0.1) is 11.3 Å². The molecule has 0 bridgehead atoms. The number of rotatable bonds is 3. The molecule has 0 aromatic heterocycles. The number of esters is 1. The zero-order valence-electron chi connectivity index (χ0n) is 10.1. The lowest BCUT2D eigenvalue weighted by molar-refractivity contribution is -0.195. The summed E-state index contributed by atoms with van der Waals surface area (Å²) in [4.78, 5) is 22.7. The molecule has 1 saturated heterocycles. The largest absolute Gasteiger partial charge is 0.458 e. The van der Waals surface area contributed by atoms with Gasteiger partial charge in [-0.15, -0.1) is 0 Å². The summed E-state index contributed by atoms with van der Waals surface area (Å²) in [5.74, 6) is -0.327. The number of hydrogen-bond acceptors (Lipinski definition) is 5. The Hall–Kier alpha value is -0.940. The van der Waals surface area contributed by atoms with Crippen LogP contribution in [0.1, 0.15) is 26.7 Å². The average molecular weight is 242 g/mol. The van der Waals surface area contributed by atoms with Gasteiger partial charge < -0.3 is 14.6 Å². The summed E-state index contributed by atoms with van der Waals surface area (Å²) in [5, 5.41) is 10.0. The highest BCUT2D eigenvalue weighted by Crippen LogP contribution is 2.45. The standard InChI is InChI=1S/C12H18O5/c1-7(13)16-6-11(15)12(2)4-8-5-17-9(8)3-10(12)14/h8-10,14H,3-6H2,1-2H3/t8?,9-,10+,12+/m1/s1. The molecule has 0 aromatic carbocycles. The SMILES string of the molecule is CC(=O)OCC(=O)[C@@]1(C)CC2CO[C@@H]2C[C@@H]1O. The van der Waals surface area contributed by atoms with Crippen LogP contribution in [0.5, 0.6) is 0 Å². The van der Waals surface area contributed by atoms with Gasteiger partial charge in [0.15, 0.2) is 12.4 Å². The maximum atomic E-state index is 12.0. The Labute approximate surface area is 100 Å². The quantitative estimate of drug-likeness (QED) is 0.720. The van der Waals surface area contributed by atoms with Crippen LogP contribution >= 0.6 is 0 Å². The summed E-state index contributed by atoms with van der Waals surface area (Å²) in [5.41, 5.74) is -0.805. The van der Waals surface area contributed by atoms with Crippen LogP contribution in [0.25, 0.3) is 0 Å². The van der Waals surface area contributed by atoms with Crippen molar-refractivity contribution in [3.8, 4) is 0 Å². The zero-order valence-corrected chi connectivity index (χ0v) is 10.1. The predicted octanol–water partition coefficient (Wildman–Crippen LogP) is 0.295. The van der Waals surface area contributed by atoms with E-state index in [4.69, 9.17) is 9.47 Å². The van der Waals surface area contributed by atoms with Crippen molar-refractivity contribution in [3.63, 3.8) is 0 Å². The first kappa shape index (κ1) is 12.5. The Morgan fingerprint density at radius 3 is 2.76 bits per heavy atom. The summed E-state index contributed by atoms with van der Waals surface area (Å²) in [6, 6.07) is 0. The van der Waals surface area contributed by atoms with Crippen molar-refractivity contribution in [2.45, 2.75) is 38.9 Å². The smallest absolute Gasteiger partial charge is 0.303 e. The van der Waals surface area contributed by atoms with Gasteiger partial charge in [0.2, 0.25) is 0 Å². The molecule has 5 heteroatoms. The Morgan fingerprint density at radius 2 is 2.24 bits per heavy atom. The van der Waals surface area contributed by atoms with Crippen LogP contribution in [-0.4, -0.2) is 42.3 Å². The van der Waals surface area contributed by atoms with Gasteiger partial charge in [0.1, 0.15) is 0 Å². The number of carbonyl (C=O) groups is 2. The molecule has 2 aliphatic rings. The molecule has 5 nitrogen and oxygen atoms in total. The van der Waals surface area contributed by atoms with E-state index in [0.29, 0.717) is 25.4 Å². The molecule has 0 radical (unpaired) electrons. The monoisotopic (exact) mass is 242 g/mol. The van der Waals surface area contributed by atoms with Crippen molar-refractivity contribution in [1.29, 1.82) is 0 Å². The molecule has 1 unspecified atom stereocenters. The van der Waals surface area contributed by atoms with E-state index in [0.717, 1.165) is 0 Å². The molecule has 96 valence electrons. The Kier molecular flexibility index (Phi) is 3.23. The molecule has 0 spiro atoms. The summed E-state index contributed by atoms with van der Waals surface area (Å²) >= 11 is 0. The van der Waals surface area contributed by atoms with E-state index in [-0.39, 0.29) is 18.5 Å². The third kappa shape index (κ3) is 2.21. The highest BCUT2D eigenvalue weighted by Gasteiger charge is 2.52. The van der Waals surface area contributed by atoms with Crippen molar-refractivity contribution < 1.29 is 24.2 Å². The number of ketones is 1. The molecular formula is C12H18O5. The molecular weight excluding hydrogens is 224 g/mol. The fourth-order valence-electron chi connectivity index (χ4n) is 2.61. The van der Waals surface area contributed by atoms with E-state index < -0.39 is 17.5 Å². The summed E-state index contributed by atoms with van der Waals surface area (Å²) in [7, 11) is 0. The number of hydrogen-bond donors (Lipinski definition) is 1. The number of aliphatic hydroxyl groups is 1. The maximum absolute atomic E-state index is 12.0. The van der Waals surface area contributed by atoms with Gasteiger partial charge in [0.25, 0.3) is 0 Å². The Morgan fingerprint density at radius 1 is 1.53 bits per heavy atom. The topological polar surface area (TPSA) is 72.8 Å². The highest BCUT2D eigenvalue weighted by atomic mass is 16.5. The van der Waals surface area contributed by atoms with Crippen LogP contribution in [0.2, 0.25) is 0 Å². The number of fused-ring (bicyclic) bond motifs is 1. The first-order chi connectivity index (χ1) is 7.93. The van der Waals surface area contributed by atoms with E-state index in [1.807, 2.05) is 0 Å². The second-order valence-electron chi connectivity index (χ2n) is 5.21. The molecule has 1 aliphatic heterocycles. The van der Waals surface area contributed by atoms with Crippen LogP contribution in [0.3, 0.4) is 0 Å². The fraction of sp³-hybridized carbons (Fsp3) is 0.833. The normalized spacial score (nSPS) is 40.1. The van der Waals surface area contributed by atoms with Gasteiger partial charge in [-0.1, -0.05) is 0 Å². The zero-order chi connectivity index (χ0) is 12.6. The van der Waals surface area contributed by atoms with E-state index >= 15 is 0 Å². The third-order valence-electron chi connectivity index (χ3n) is 3.97. The van der Waals surface area contributed by atoms with E-state index in [1.54, 1.807) is 6.92 Å². The minimum absolute atomic E-state index is 0.0969. The van der Waals surface area contributed by atoms with Crippen LogP contribution in [-0.2, 0) is 19.1 Å². The molecule has 1 heterocycles. The summed E-state index contributed by atoms with van der Waals surface area (Å²) in [6.45, 7) is 3.43. The fourth-order valence-corrected chi connectivity index (χ4v) is 2.61. The van der Waals surface area contributed by atoms with E-state index in [1.165, 1.54) is 6.92 Å². The molecule has 1 saturated carbocycles. The van der Waals surface area contributed by atoms with Gasteiger partial charge >= 0.3 is 5.97 Å². The van der Waals surface area contributed by atoms with Gasteiger partial charge in [-0.3, -0.25) is 9.59 Å². The molecule has 1 N–H and O–H groups in total. The molecule has 2 fully saturated rings. The minimum atomic E-state index is -0.805. The highest BCUT2D eigenvalue weighted by molar-refractivity contribution is 5.87. The van der Waals surface area contributed by atoms with Crippen LogP contribution in [0.4, 0.5) is 0 Å². The Bertz CT molecular complexity index is 340. The lowest BCUT2D eigenvalue weighted by atomic mass is 9.64. The molecule has 2 rings (SSSR count). The van der Waals surface area contributed by atoms with Crippen molar-refractivity contribution in [1.82, 2.24) is 0 Å². The third-order valence-corrected chi connectivity index (χ3v) is 3.97.